The number of nitrogens with one attached hydrogen (secondary N) is 1. The minimum absolute atomic E-state index is 0.00611. The Labute approximate surface area is 149 Å². The number of furan rings is 1. The molecule has 6 nitrogen and oxygen atoms in total. The van der Waals surface area contributed by atoms with Crippen molar-refractivity contribution in [1.82, 2.24) is 15.1 Å². The van der Waals surface area contributed by atoms with Crippen LogP contribution in [-0.4, -0.2) is 54.3 Å². The molecule has 0 saturated carbocycles. The third-order valence-corrected chi connectivity index (χ3v) is 5.18. The molecule has 0 aliphatic carbocycles. The first-order chi connectivity index (χ1) is 12.0. The highest BCUT2D eigenvalue weighted by Gasteiger charge is 2.34. The second kappa shape index (κ2) is 8.04. The van der Waals surface area contributed by atoms with Crippen LogP contribution in [0.2, 0.25) is 0 Å². The number of piperidine rings is 1. The molecule has 1 N–H and O–H groups in total. The second-order valence-corrected chi connectivity index (χ2v) is 7.75. The molecule has 0 bridgehead atoms. The first-order valence-corrected chi connectivity index (χ1v) is 9.31. The molecule has 2 saturated heterocycles. The van der Waals surface area contributed by atoms with Crippen LogP contribution < -0.4 is 5.32 Å². The Kier molecular flexibility index (Phi) is 5.78. The summed E-state index contributed by atoms with van der Waals surface area (Å²) in [6, 6.07) is 3.66. The quantitative estimate of drug-likeness (QED) is 0.851. The van der Waals surface area contributed by atoms with E-state index < -0.39 is 0 Å². The van der Waals surface area contributed by atoms with Gasteiger partial charge < -0.3 is 19.5 Å². The number of likely N-dealkylation sites (tertiary alicyclic amines) is 2. The highest BCUT2D eigenvalue weighted by atomic mass is 16.3. The molecule has 138 valence electrons. The van der Waals surface area contributed by atoms with Gasteiger partial charge in [0.05, 0.1) is 18.7 Å². The summed E-state index contributed by atoms with van der Waals surface area (Å²) in [5, 5.41) is 3.02. The van der Waals surface area contributed by atoms with E-state index in [1.165, 1.54) is 6.42 Å². The van der Waals surface area contributed by atoms with Crippen molar-refractivity contribution < 1.29 is 14.0 Å². The highest BCUT2D eigenvalue weighted by molar-refractivity contribution is 5.89. The molecule has 2 aliphatic rings. The zero-order valence-electron chi connectivity index (χ0n) is 15.2. The van der Waals surface area contributed by atoms with Crippen LogP contribution in [0.3, 0.4) is 0 Å². The van der Waals surface area contributed by atoms with Gasteiger partial charge in [-0.25, -0.2) is 0 Å². The Morgan fingerprint density at radius 2 is 2.04 bits per heavy atom. The summed E-state index contributed by atoms with van der Waals surface area (Å²) in [4.78, 5) is 28.6. The van der Waals surface area contributed by atoms with Gasteiger partial charge in [0.2, 0.25) is 11.8 Å². The largest absolute Gasteiger partial charge is 0.467 e. The molecule has 25 heavy (non-hydrogen) atoms. The van der Waals surface area contributed by atoms with Crippen LogP contribution in [0.15, 0.2) is 22.8 Å². The molecular weight excluding hydrogens is 318 g/mol. The van der Waals surface area contributed by atoms with E-state index in [0.717, 1.165) is 37.2 Å². The number of amides is 2. The zero-order valence-corrected chi connectivity index (χ0v) is 15.2. The Bertz CT molecular complexity index is 577. The van der Waals surface area contributed by atoms with E-state index in [1.807, 2.05) is 12.1 Å². The Morgan fingerprint density at radius 3 is 2.72 bits per heavy atom. The highest BCUT2D eigenvalue weighted by Crippen LogP contribution is 2.21. The molecule has 0 radical (unpaired) electrons. The molecule has 3 atom stereocenters. The minimum Gasteiger partial charge on any atom is -0.467 e. The summed E-state index contributed by atoms with van der Waals surface area (Å²) in [5.41, 5.74) is 0. The number of hydrogen-bond acceptors (Lipinski definition) is 4. The van der Waals surface area contributed by atoms with Crippen molar-refractivity contribution in [3.05, 3.63) is 24.2 Å². The van der Waals surface area contributed by atoms with Gasteiger partial charge in [-0.15, -0.1) is 0 Å². The molecule has 0 spiro atoms. The Morgan fingerprint density at radius 1 is 1.28 bits per heavy atom. The number of nitrogens with zero attached hydrogens (tertiary/aromatic N) is 2. The van der Waals surface area contributed by atoms with Crippen molar-refractivity contribution in [2.24, 2.45) is 17.8 Å². The van der Waals surface area contributed by atoms with Gasteiger partial charge in [-0.3, -0.25) is 9.59 Å². The number of carbonyl (C=O) groups is 2. The van der Waals surface area contributed by atoms with Crippen molar-refractivity contribution in [3.63, 3.8) is 0 Å². The van der Waals surface area contributed by atoms with Gasteiger partial charge in [0, 0.05) is 39.1 Å². The third-order valence-electron chi connectivity index (χ3n) is 5.18. The fraction of sp³-hybridized carbons (Fsp3) is 0.684. The number of rotatable bonds is 6. The molecule has 2 aliphatic heterocycles. The number of hydrogen-bond donors (Lipinski definition) is 1. The van der Waals surface area contributed by atoms with E-state index in [0.29, 0.717) is 26.1 Å². The molecule has 0 unspecified atom stereocenters. The van der Waals surface area contributed by atoms with E-state index in [-0.39, 0.29) is 17.7 Å². The van der Waals surface area contributed by atoms with E-state index in [2.05, 4.69) is 24.1 Å². The summed E-state index contributed by atoms with van der Waals surface area (Å²) in [6.07, 6.45) is 3.19. The lowest BCUT2D eigenvalue weighted by molar-refractivity contribution is -0.129. The number of carbonyl (C=O) groups excluding carboxylic acids is 2. The molecule has 6 heteroatoms. The van der Waals surface area contributed by atoms with Gasteiger partial charge in [0.25, 0.3) is 0 Å². The van der Waals surface area contributed by atoms with Crippen molar-refractivity contribution in [3.8, 4) is 0 Å². The first kappa shape index (κ1) is 18.0. The fourth-order valence-corrected chi connectivity index (χ4v) is 4.15. The second-order valence-electron chi connectivity index (χ2n) is 7.75. The fourth-order valence-electron chi connectivity index (χ4n) is 4.15. The van der Waals surface area contributed by atoms with Crippen LogP contribution in [0, 0.1) is 17.8 Å². The van der Waals surface area contributed by atoms with Crippen LogP contribution in [0.25, 0.3) is 0 Å². The lowest BCUT2D eigenvalue weighted by Crippen LogP contribution is -2.43. The maximum absolute atomic E-state index is 12.4. The predicted molar refractivity (Wildman–Crippen MR) is 94.6 cm³/mol. The van der Waals surface area contributed by atoms with Crippen molar-refractivity contribution in [1.29, 1.82) is 0 Å². The molecule has 3 heterocycles. The molecule has 2 amide bonds. The molecule has 3 rings (SSSR count). The predicted octanol–water partition coefficient (Wildman–Crippen LogP) is 1.72. The topological polar surface area (TPSA) is 65.8 Å². The summed E-state index contributed by atoms with van der Waals surface area (Å²) >= 11 is 0. The Balaban J connectivity index is 1.40. The summed E-state index contributed by atoms with van der Waals surface area (Å²) in [6.45, 7) is 9.26. The van der Waals surface area contributed by atoms with E-state index in [4.69, 9.17) is 4.42 Å². The lowest BCUT2D eigenvalue weighted by Gasteiger charge is -2.34. The zero-order chi connectivity index (χ0) is 17.8. The van der Waals surface area contributed by atoms with Crippen LogP contribution in [0.1, 0.15) is 32.4 Å². The smallest absolute Gasteiger partial charge is 0.225 e. The average molecular weight is 347 g/mol. The van der Waals surface area contributed by atoms with Gasteiger partial charge in [-0.05, 0) is 30.4 Å². The van der Waals surface area contributed by atoms with Gasteiger partial charge in [-0.1, -0.05) is 13.8 Å². The first-order valence-electron chi connectivity index (χ1n) is 9.31. The molecule has 1 aromatic rings. The van der Waals surface area contributed by atoms with Crippen molar-refractivity contribution in [2.45, 2.75) is 33.2 Å². The van der Waals surface area contributed by atoms with Crippen LogP contribution in [-0.2, 0) is 16.1 Å². The minimum atomic E-state index is -0.248. The van der Waals surface area contributed by atoms with Crippen molar-refractivity contribution >= 4 is 11.8 Å². The molecule has 1 aromatic heterocycles. The van der Waals surface area contributed by atoms with Crippen LogP contribution in [0.4, 0.5) is 0 Å². The van der Waals surface area contributed by atoms with E-state index >= 15 is 0 Å². The van der Waals surface area contributed by atoms with Gasteiger partial charge in [0.15, 0.2) is 0 Å². The van der Waals surface area contributed by atoms with Gasteiger partial charge >= 0.3 is 0 Å². The summed E-state index contributed by atoms with van der Waals surface area (Å²) in [7, 11) is 0. The van der Waals surface area contributed by atoms with Crippen LogP contribution in [0.5, 0.6) is 0 Å². The third kappa shape index (κ3) is 4.84. The molecule has 0 aromatic carbocycles. The molecule has 2 fully saturated rings. The van der Waals surface area contributed by atoms with E-state index in [9.17, 15) is 9.59 Å². The van der Waals surface area contributed by atoms with Gasteiger partial charge in [-0.2, -0.15) is 0 Å². The summed E-state index contributed by atoms with van der Waals surface area (Å²) in [5.74, 6) is 1.97. The SMILES string of the molecule is C[C@@H]1C[C@H](C)CN(CCNC(=O)[C@@H]2CC(=O)N(Cc3ccco3)C2)C1. The maximum Gasteiger partial charge on any atom is 0.225 e. The molecular formula is C19H29N3O3. The average Bonchev–Trinajstić information content (AvgIpc) is 3.17. The van der Waals surface area contributed by atoms with E-state index in [1.54, 1.807) is 11.2 Å². The Hall–Kier alpha value is -1.82. The maximum atomic E-state index is 12.4. The van der Waals surface area contributed by atoms with Crippen molar-refractivity contribution in [2.75, 3.05) is 32.7 Å². The van der Waals surface area contributed by atoms with Crippen LogP contribution >= 0.6 is 0 Å². The normalized spacial score (nSPS) is 27.7. The summed E-state index contributed by atoms with van der Waals surface area (Å²) < 4.78 is 5.29. The monoisotopic (exact) mass is 347 g/mol. The standard InChI is InChI=1S/C19H29N3O3/c1-14-8-15(2)11-21(10-14)6-5-20-19(24)16-9-18(23)22(12-16)13-17-4-3-7-25-17/h3-4,7,14-16H,5-6,8-13H2,1-2H3,(H,20,24)/t14-,15+,16-/m1/s1. The van der Waals surface area contributed by atoms with Gasteiger partial charge in [0.1, 0.15) is 5.76 Å². The lowest BCUT2D eigenvalue weighted by atomic mass is 9.92.